The first-order chi connectivity index (χ1) is 17.8. The van der Waals surface area contributed by atoms with Crippen LogP contribution in [-0.2, 0) is 6.18 Å². The lowest BCUT2D eigenvalue weighted by Crippen LogP contribution is -2.51. The van der Waals surface area contributed by atoms with Gasteiger partial charge in [-0.05, 0) is 55.9 Å². The fourth-order valence-electron chi connectivity index (χ4n) is 5.02. The number of amides is 1. The zero-order valence-electron chi connectivity index (χ0n) is 21.1. The predicted octanol–water partition coefficient (Wildman–Crippen LogP) is 6.39. The molecule has 1 amide bonds. The number of anilines is 1. The number of pyridine rings is 1. The highest BCUT2D eigenvalue weighted by Gasteiger charge is 2.35. The molecule has 0 spiro atoms. The van der Waals surface area contributed by atoms with Crippen molar-refractivity contribution in [2.75, 3.05) is 18.4 Å². The average Bonchev–Trinajstić information content (AvgIpc) is 2.90. The topological polar surface area (TPSA) is 71.0 Å². The number of hydrogen-bond acceptors (Lipinski definition) is 5. The summed E-state index contributed by atoms with van der Waals surface area (Å²) in [6, 6.07) is 8.05. The van der Waals surface area contributed by atoms with Crippen LogP contribution in [0.5, 0.6) is 0 Å². The van der Waals surface area contributed by atoms with Gasteiger partial charge in [-0.25, -0.2) is 15.0 Å². The molecule has 37 heavy (non-hydrogen) atoms. The highest BCUT2D eigenvalue weighted by Crippen LogP contribution is 2.33. The Bertz CT molecular complexity index is 1180. The highest BCUT2D eigenvalue weighted by molar-refractivity contribution is 6.01. The molecule has 1 saturated heterocycles. The van der Waals surface area contributed by atoms with Gasteiger partial charge in [0.2, 0.25) is 0 Å². The summed E-state index contributed by atoms with van der Waals surface area (Å²) in [5, 5.41) is 3.20. The summed E-state index contributed by atoms with van der Waals surface area (Å²) in [5.41, 5.74) is 2.35. The maximum Gasteiger partial charge on any atom is 0.417 e. The molecule has 1 N–H and O–H groups in total. The molecule has 3 aromatic rings. The third kappa shape index (κ3) is 6.45. The first-order valence-electron chi connectivity index (χ1n) is 12.7. The standard InChI is InChI=1S/C28H32F3N5O/c1-3-4-6-20-7-5-12-36(25(20)17-35-26-11-9-22(16-34-26)28(29,30)31)27(37)24-13-19(2)8-10-23(24)21-14-32-18-33-15-21/h8-11,13-16,18,20,25H,3-7,12,17H2,1-2H3,(H,34,35). The molecule has 0 radical (unpaired) electrons. The van der Waals surface area contributed by atoms with Crippen molar-refractivity contribution in [1.29, 1.82) is 0 Å². The van der Waals surface area contributed by atoms with Crippen molar-refractivity contribution in [1.82, 2.24) is 19.9 Å². The Balaban J connectivity index is 1.61. The molecule has 6 nitrogen and oxygen atoms in total. The quantitative estimate of drug-likeness (QED) is 0.380. The Kier molecular flexibility index (Phi) is 8.41. The SMILES string of the molecule is CCCCC1CCCN(C(=O)c2cc(C)ccc2-c2cncnc2)C1CNc1ccc(C(F)(F)F)cn1. The summed E-state index contributed by atoms with van der Waals surface area (Å²) in [6.07, 6.45) is 6.27. The van der Waals surface area contributed by atoms with Crippen molar-refractivity contribution >= 4 is 11.7 Å². The smallest absolute Gasteiger partial charge is 0.368 e. The van der Waals surface area contributed by atoms with E-state index in [0.717, 1.165) is 61.1 Å². The van der Waals surface area contributed by atoms with E-state index in [1.165, 1.54) is 12.4 Å². The van der Waals surface area contributed by atoms with E-state index in [1.807, 2.05) is 30.0 Å². The molecule has 1 fully saturated rings. The number of alkyl halides is 3. The van der Waals surface area contributed by atoms with Crippen LogP contribution >= 0.6 is 0 Å². The Morgan fingerprint density at radius 1 is 1.14 bits per heavy atom. The Hall–Kier alpha value is -3.49. The lowest BCUT2D eigenvalue weighted by molar-refractivity contribution is -0.137. The third-order valence-electron chi connectivity index (χ3n) is 6.97. The number of carbonyl (C=O) groups is 1. The Labute approximate surface area is 215 Å². The van der Waals surface area contributed by atoms with Crippen molar-refractivity contribution in [2.24, 2.45) is 5.92 Å². The summed E-state index contributed by atoms with van der Waals surface area (Å²) in [5.74, 6) is 0.585. The predicted molar refractivity (Wildman–Crippen MR) is 137 cm³/mol. The molecule has 1 aliphatic heterocycles. The number of likely N-dealkylation sites (tertiary alicyclic amines) is 1. The van der Waals surface area contributed by atoms with Crippen LogP contribution in [0.3, 0.4) is 0 Å². The first kappa shape index (κ1) is 26.6. The minimum atomic E-state index is -4.43. The fourth-order valence-corrected chi connectivity index (χ4v) is 5.02. The molecule has 196 valence electrons. The van der Waals surface area contributed by atoms with E-state index in [-0.39, 0.29) is 17.9 Å². The fraction of sp³-hybridized carbons (Fsp3) is 0.429. The molecule has 1 aromatic carbocycles. The summed E-state index contributed by atoms with van der Waals surface area (Å²) in [4.78, 5) is 28.2. The number of hydrogen-bond donors (Lipinski definition) is 1. The molecule has 4 rings (SSSR count). The van der Waals surface area contributed by atoms with E-state index in [0.29, 0.717) is 24.5 Å². The third-order valence-corrected chi connectivity index (χ3v) is 6.97. The Morgan fingerprint density at radius 2 is 1.92 bits per heavy atom. The summed E-state index contributed by atoms with van der Waals surface area (Å²) in [6.45, 7) is 5.13. The van der Waals surface area contributed by atoms with E-state index in [2.05, 4.69) is 27.2 Å². The van der Waals surface area contributed by atoms with Crippen molar-refractivity contribution in [3.05, 3.63) is 71.9 Å². The molecule has 1 aliphatic rings. The monoisotopic (exact) mass is 511 g/mol. The van der Waals surface area contributed by atoms with Gasteiger partial charge < -0.3 is 10.2 Å². The van der Waals surface area contributed by atoms with Crippen molar-refractivity contribution in [3.63, 3.8) is 0 Å². The molecule has 2 unspecified atom stereocenters. The largest absolute Gasteiger partial charge is 0.417 e. The van der Waals surface area contributed by atoms with Crippen LogP contribution in [0.4, 0.5) is 19.0 Å². The molecular formula is C28H32F3N5O. The number of nitrogens with zero attached hydrogens (tertiary/aromatic N) is 4. The Morgan fingerprint density at radius 3 is 2.59 bits per heavy atom. The van der Waals surface area contributed by atoms with Crippen LogP contribution in [0.15, 0.2) is 55.2 Å². The van der Waals surface area contributed by atoms with E-state index < -0.39 is 11.7 Å². The van der Waals surface area contributed by atoms with E-state index >= 15 is 0 Å². The molecule has 0 aliphatic carbocycles. The van der Waals surface area contributed by atoms with E-state index in [1.54, 1.807) is 12.4 Å². The number of piperidine rings is 1. The van der Waals surface area contributed by atoms with E-state index in [4.69, 9.17) is 0 Å². The zero-order chi connectivity index (χ0) is 26.4. The van der Waals surface area contributed by atoms with Crippen LogP contribution in [0.2, 0.25) is 0 Å². The number of halogens is 3. The molecule has 0 bridgehead atoms. The van der Waals surface area contributed by atoms with Crippen molar-refractivity contribution in [2.45, 2.75) is 58.2 Å². The maximum atomic E-state index is 14.1. The molecule has 2 atom stereocenters. The second-order valence-electron chi connectivity index (χ2n) is 9.60. The van der Waals surface area contributed by atoms with Gasteiger partial charge in [0, 0.05) is 42.8 Å². The number of aromatic nitrogens is 3. The zero-order valence-corrected chi connectivity index (χ0v) is 21.1. The molecule has 0 saturated carbocycles. The average molecular weight is 512 g/mol. The lowest BCUT2D eigenvalue weighted by Gasteiger charge is -2.42. The lowest BCUT2D eigenvalue weighted by atomic mass is 9.84. The number of nitrogens with one attached hydrogen (secondary N) is 1. The minimum absolute atomic E-state index is 0.0593. The van der Waals surface area contributed by atoms with Gasteiger partial charge in [-0.1, -0.05) is 37.5 Å². The van der Waals surface area contributed by atoms with Crippen LogP contribution in [0.25, 0.3) is 11.1 Å². The van der Waals surface area contributed by atoms with Gasteiger partial charge in [-0.15, -0.1) is 0 Å². The second-order valence-corrected chi connectivity index (χ2v) is 9.60. The van der Waals surface area contributed by atoms with Gasteiger partial charge in [-0.3, -0.25) is 4.79 Å². The summed E-state index contributed by atoms with van der Waals surface area (Å²) < 4.78 is 38.8. The van der Waals surface area contributed by atoms with Gasteiger partial charge in [0.1, 0.15) is 12.1 Å². The molecular weight excluding hydrogens is 479 g/mol. The van der Waals surface area contributed by atoms with Gasteiger partial charge in [0.25, 0.3) is 5.91 Å². The maximum absolute atomic E-state index is 14.1. The highest BCUT2D eigenvalue weighted by atomic mass is 19.4. The molecule has 9 heteroatoms. The first-order valence-corrected chi connectivity index (χ1v) is 12.7. The molecule has 3 heterocycles. The minimum Gasteiger partial charge on any atom is -0.368 e. The van der Waals surface area contributed by atoms with Crippen LogP contribution in [0.1, 0.15) is 60.5 Å². The van der Waals surface area contributed by atoms with Crippen molar-refractivity contribution in [3.8, 4) is 11.1 Å². The van der Waals surface area contributed by atoms with Gasteiger partial charge in [0.15, 0.2) is 0 Å². The van der Waals surface area contributed by atoms with Gasteiger partial charge >= 0.3 is 6.18 Å². The number of rotatable bonds is 8. The van der Waals surface area contributed by atoms with Crippen molar-refractivity contribution < 1.29 is 18.0 Å². The van der Waals surface area contributed by atoms with Crippen LogP contribution in [0, 0.1) is 12.8 Å². The number of carbonyl (C=O) groups excluding carboxylic acids is 1. The number of unbranched alkanes of at least 4 members (excludes halogenated alkanes) is 1. The number of benzene rings is 1. The van der Waals surface area contributed by atoms with Gasteiger partial charge in [-0.2, -0.15) is 13.2 Å². The number of aryl methyl sites for hydroxylation is 1. The summed E-state index contributed by atoms with van der Waals surface area (Å²) in [7, 11) is 0. The van der Waals surface area contributed by atoms with Crippen LogP contribution < -0.4 is 5.32 Å². The van der Waals surface area contributed by atoms with Crippen LogP contribution in [-0.4, -0.2) is 44.9 Å². The normalized spacial score (nSPS) is 18.0. The van der Waals surface area contributed by atoms with Gasteiger partial charge in [0.05, 0.1) is 11.6 Å². The second kappa shape index (κ2) is 11.7. The van der Waals surface area contributed by atoms with E-state index in [9.17, 15) is 18.0 Å². The molecule has 2 aromatic heterocycles. The summed E-state index contributed by atoms with van der Waals surface area (Å²) >= 11 is 0.